The number of ether oxygens (including phenoxy) is 3. The number of carbonyl (C=O) groups is 2. The van der Waals surface area contributed by atoms with Crippen LogP contribution in [0.1, 0.15) is 37.8 Å². The summed E-state index contributed by atoms with van der Waals surface area (Å²) in [6, 6.07) is 6.92. The molecule has 4 aromatic rings. The molecule has 0 saturated heterocycles. The largest absolute Gasteiger partial charge is 0.494 e. The van der Waals surface area contributed by atoms with Crippen LogP contribution in [-0.2, 0) is 11.3 Å². The topological polar surface area (TPSA) is 138 Å². The highest BCUT2D eigenvalue weighted by Crippen LogP contribution is 2.33. The SMILES string of the molecule is COC(=O)c1ccc(COc2nnc(NC(=O)c3cnc(C)cc3-c3cc(C)ncc3OC)s2)nc1. The number of nitrogens with zero attached hydrogens (tertiary/aromatic N) is 5. The van der Waals surface area contributed by atoms with Gasteiger partial charge in [-0.15, -0.1) is 5.10 Å². The van der Waals surface area contributed by atoms with Crippen LogP contribution < -0.4 is 14.8 Å². The van der Waals surface area contributed by atoms with E-state index in [0.717, 1.165) is 28.3 Å². The second-order valence-corrected chi connectivity index (χ2v) is 8.48. The number of hydrogen-bond donors (Lipinski definition) is 1. The third-order valence-corrected chi connectivity index (χ3v) is 5.77. The number of anilines is 1. The standard InChI is InChI=1S/C24H22N6O5S/c1-13-7-17(18-8-14(2)26-11-20(18)33-3)19(10-25-13)21(31)28-23-29-30-24(36-23)35-12-16-6-5-15(9-27-16)22(32)34-4/h5-11H,12H2,1-4H3,(H,28,29,31). The Morgan fingerprint density at radius 1 is 0.944 bits per heavy atom. The molecule has 0 unspecified atom stereocenters. The third-order valence-electron chi connectivity index (χ3n) is 5.02. The molecular formula is C24H22N6O5S. The van der Waals surface area contributed by atoms with Crippen molar-refractivity contribution in [3.8, 4) is 22.1 Å². The molecule has 0 aromatic carbocycles. The highest BCUT2D eigenvalue weighted by molar-refractivity contribution is 7.17. The molecule has 0 saturated carbocycles. The Hall–Kier alpha value is -4.45. The molecule has 4 heterocycles. The van der Waals surface area contributed by atoms with Gasteiger partial charge in [0, 0.05) is 34.9 Å². The number of pyridine rings is 3. The fraction of sp³-hybridized carbons (Fsp3) is 0.208. The van der Waals surface area contributed by atoms with Crippen molar-refractivity contribution in [3.63, 3.8) is 0 Å². The lowest BCUT2D eigenvalue weighted by Gasteiger charge is -2.13. The summed E-state index contributed by atoms with van der Waals surface area (Å²) in [7, 11) is 2.85. The maximum atomic E-state index is 13.1. The lowest BCUT2D eigenvalue weighted by molar-refractivity contribution is 0.0600. The van der Waals surface area contributed by atoms with Crippen molar-refractivity contribution >= 4 is 28.3 Å². The minimum Gasteiger partial charge on any atom is -0.494 e. The van der Waals surface area contributed by atoms with Crippen molar-refractivity contribution < 1.29 is 23.8 Å². The van der Waals surface area contributed by atoms with Crippen molar-refractivity contribution in [1.82, 2.24) is 25.1 Å². The summed E-state index contributed by atoms with van der Waals surface area (Å²) in [4.78, 5) is 37.4. The van der Waals surface area contributed by atoms with Gasteiger partial charge in [-0.25, -0.2) is 4.79 Å². The first-order valence-electron chi connectivity index (χ1n) is 10.7. The summed E-state index contributed by atoms with van der Waals surface area (Å²) in [6.07, 6.45) is 4.54. The van der Waals surface area contributed by atoms with E-state index >= 15 is 0 Å². The Morgan fingerprint density at radius 2 is 1.69 bits per heavy atom. The summed E-state index contributed by atoms with van der Waals surface area (Å²) >= 11 is 1.07. The zero-order valence-electron chi connectivity index (χ0n) is 19.9. The number of rotatable bonds is 8. The molecule has 1 N–H and O–H groups in total. The highest BCUT2D eigenvalue weighted by Gasteiger charge is 2.19. The summed E-state index contributed by atoms with van der Waals surface area (Å²) in [5.41, 5.74) is 4.19. The normalized spacial score (nSPS) is 10.6. The minimum atomic E-state index is -0.469. The molecule has 12 heteroatoms. The molecule has 0 aliphatic carbocycles. The number of amides is 1. The number of aromatic nitrogens is 5. The van der Waals surface area contributed by atoms with Gasteiger partial charge in [0.05, 0.1) is 37.2 Å². The van der Waals surface area contributed by atoms with Crippen molar-refractivity contribution in [3.05, 3.63) is 71.1 Å². The molecule has 0 bridgehead atoms. The molecule has 11 nitrogen and oxygen atoms in total. The van der Waals surface area contributed by atoms with Gasteiger partial charge < -0.3 is 14.2 Å². The van der Waals surface area contributed by atoms with Gasteiger partial charge in [-0.05, 0) is 49.4 Å². The Kier molecular flexibility index (Phi) is 7.44. The maximum Gasteiger partial charge on any atom is 0.339 e. The first-order chi connectivity index (χ1) is 17.4. The molecule has 0 radical (unpaired) electrons. The molecule has 4 aromatic heterocycles. The Balaban J connectivity index is 1.47. The van der Waals surface area contributed by atoms with Crippen LogP contribution in [0, 0.1) is 13.8 Å². The average Bonchev–Trinajstić information content (AvgIpc) is 3.34. The number of methoxy groups -OCH3 is 2. The van der Waals surface area contributed by atoms with E-state index in [1.165, 1.54) is 19.5 Å². The van der Waals surface area contributed by atoms with Crippen molar-refractivity contribution in [2.24, 2.45) is 0 Å². The van der Waals surface area contributed by atoms with E-state index < -0.39 is 11.9 Å². The summed E-state index contributed by atoms with van der Waals surface area (Å²) < 4.78 is 15.7. The number of aryl methyl sites for hydroxylation is 2. The molecule has 0 spiro atoms. The fourth-order valence-corrected chi connectivity index (χ4v) is 3.84. The Labute approximate surface area is 210 Å². The van der Waals surface area contributed by atoms with Crippen LogP contribution >= 0.6 is 11.3 Å². The smallest absolute Gasteiger partial charge is 0.339 e. The van der Waals surface area contributed by atoms with Gasteiger partial charge >= 0.3 is 5.97 Å². The molecule has 0 fully saturated rings. The van der Waals surface area contributed by atoms with E-state index in [1.807, 2.05) is 26.0 Å². The van der Waals surface area contributed by atoms with E-state index in [9.17, 15) is 9.59 Å². The van der Waals surface area contributed by atoms with Crippen LogP contribution in [0.2, 0.25) is 0 Å². The summed E-state index contributed by atoms with van der Waals surface area (Å²) in [5, 5.41) is 11.2. The van der Waals surface area contributed by atoms with Crippen LogP contribution in [0.3, 0.4) is 0 Å². The summed E-state index contributed by atoms with van der Waals surface area (Å²) in [5.74, 6) is -0.333. The van der Waals surface area contributed by atoms with Gasteiger partial charge in [0.15, 0.2) is 0 Å². The first kappa shape index (κ1) is 24.7. The van der Waals surface area contributed by atoms with E-state index in [2.05, 4.69) is 35.2 Å². The van der Waals surface area contributed by atoms with E-state index in [4.69, 9.17) is 9.47 Å². The monoisotopic (exact) mass is 506 g/mol. The molecule has 4 rings (SSSR count). The third kappa shape index (κ3) is 5.61. The van der Waals surface area contributed by atoms with Gasteiger partial charge in [-0.1, -0.05) is 5.10 Å². The van der Waals surface area contributed by atoms with Crippen LogP contribution in [0.25, 0.3) is 11.1 Å². The van der Waals surface area contributed by atoms with Crippen LogP contribution in [-0.4, -0.2) is 51.2 Å². The van der Waals surface area contributed by atoms with Gasteiger partial charge in [0.1, 0.15) is 12.4 Å². The molecule has 0 aliphatic heterocycles. The van der Waals surface area contributed by atoms with Gasteiger partial charge in [-0.2, -0.15) is 0 Å². The number of carbonyl (C=O) groups excluding carboxylic acids is 2. The number of nitrogens with one attached hydrogen (secondary N) is 1. The second-order valence-electron chi connectivity index (χ2n) is 7.54. The lowest BCUT2D eigenvalue weighted by Crippen LogP contribution is -2.14. The van der Waals surface area contributed by atoms with E-state index in [0.29, 0.717) is 28.1 Å². The van der Waals surface area contributed by atoms with Crippen molar-refractivity contribution in [2.45, 2.75) is 20.5 Å². The molecular weight excluding hydrogens is 484 g/mol. The molecule has 36 heavy (non-hydrogen) atoms. The van der Waals surface area contributed by atoms with Gasteiger partial charge in [-0.3, -0.25) is 25.1 Å². The van der Waals surface area contributed by atoms with E-state index in [-0.39, 0.29) is 16.9 Å². The zero-order chi connectivity index (χ0) is 25.7. The van der Waals surface area contributed by atoms with E-state index in [1.54, 1.807) is 25.4 Å². The predicted octanol–water partition coefficient (Wildman–Crippen LogP) is 3.63. The molecule has 0 aliphatic rings. The highest BCUT2D eigenvalue weighted by atomic mass is 32.1. The Bertz CT molecular complexity index is 1410. The molecule has 1 amide bonds. The average molecular weight is 507 g/mol. The van der Waals surface area contributed by atoms with Gasteiger partial charge in [0.25, 0.3) is 11.1 Å². The zero-order valence-corrected chi connectivity index (χ0v) is 20.8. The molecule has 0 atom stereocenters. The minimum absolute atomic E-state index is 0.108. The van der Waals surface area contributed by atoms with Crippen LogP contribution in [0.15, 0.2) is 42.9 Å². The summed E-state index contributed by atoms with van der Waals surface area (Å²) in [6.45, 7) is 3.82. The predicted molar refractivity (Wildman–Crippen MR) is 131 cm³/mol. The maximum absolute atomic E-state index is 13.1. The van der Waals surface area contributed by atoms with Crippen LogP contribution in [0.5, 0.6) is 10.9 Å². The van der Waals surface area contributed by atoms with Gasteiger partial charge in [0.2, 0.25) is 5.13 Å². The number of hydrogen-bond acceptors (Lipinski definition) is 11. The number of esters is 1. The second kappa shape index (κ2) is 10.9. The lowest BCUT2D eigenvalue weighted by atomic mass is 9.99. The quantitative estimate of drug-likeness (QED) is 0.352. The fourth-order valence-electron chi connectivity index (χ4n) is 3.25. The van der Waals surface area contributed by atoms with Crippen molar-refractivity contribution in [1.29, 1.82) is 0 Å². The Morgan fingerprint density at radius 3 is 2.39 bits per heavy atom. The van der Waals surface area contributed by atoms with Crippen molar-refractivity contribution in [2.75, 3.05) is 19.5 Å². The first-order valence-corrected chi connectivity index (χ1v) is 11.5. The molecule has 184 valence electrons. The van der Waals surface area contributed by atoms with Crippen LogP contribution in [0.4, 0.5) is 5.13 Å².